The SMILES string of the molecule is CC(C)Oc1ccc(NS(=O)(=O)CC(=O)NNC(=O)c2cccc(N(C)C)c2)cc1. The lowest BCUT2D eigenvalue weighted by Gasteiger charge is -2.14. The summed E-state index contributed by atoms with van der Waals surface area (Å²) in [5.41, 5.74) is 5.75. The number of hydrogen-bond donors (Lipinski definition) is 3. The van der Waals surface area contributed by atoms with Crippen molar-refractivity contribution in [2.24, 2.45) is 0 Å². The Hall–Kier alpha value is -3.27. The van der Waals surface area contributed by atoms with Crippen molar-refractivity contribution in [3.05, 3.63) is 54.1 Å². The molecule has 0 unspecified atom stereocenters. The molecule has 0 aliphatic heterocycles. The minimum absolute atomic E-state index is 0.00296. The van der Waals surface area contributed by atoms with Gasteiger partial charge in [-0.25, -0.2) is 8.42 Å². The van der Waals surface area contributed by atoms with Crippen LogP contribution in [0.3, 0.4) is 0 Å². The third-order valence-electron chi connectivity index (χ3n) is 3.76. The molecule has 9 nitrogen and oxygen atoms in total. The van der Waals surface area contributed by atoms with Gasteiger partial charge in [0.25, 0.3) is 11.8 Å². The summed E-state index contributed by atoms with van der Waals surface area (Å²) < 4.78 is 32.2. The van der Waals surface area contributed by atoms with Crippen LogP contribution in [0.15, 0.2) is 48.5 Å². The summed E-state index contributed by atoms with van der Waals surface area (Å²) in [5, 5.41) is 0. The second kappa shape index (κ2) is 9.97. The van der Waals surface area contributed by atoms with Crippen molar-refractivity contribution in [3.63, 3.8) is 0 Å². The first kappa shape index (κ1) is 23.0. The third-order valence-corrected chi connectivity index (χ3v) is 4.95. The van der Waals surface area contributed by atoms with Gasteiger partial charge in [0.15, 0.2) is 0 Å². The highest BCUT2D eigenvalue weighted by Crippen LogP contribution is 2.18. The number of nitrogens with one attached hydrogen (secondary N) is 3. The minimum atomic E-state index is -3.96. The van der Waals surface area contributed by atoms with Gasteiger partial charge in [0.1, 0.15) is 11.5 Å². The lowest BCUT2D eigenvalue weighted by Crippen LogP contribution is -2.44. The van der Waals surface area contributed by atoms with Gasteiger partial charge in [-0.2, -0.15) is 0 Å². The van der Waals surface area contributed by atoms with Gasteiger partial charge in [-0.05, 0) is 56.3 Å². The van der Waals surface area contributed by atoms with Crippen molar-refractivity contribution < 1.29 is 22.7 Å². The molecule has 0 aliphatic rings. The van der Waals surface area contributed by atoms with Crippen molar-refractivity contribution in [3.8, 4) is 5.75 Å². The van der Waals surface area contributed by atoms with E-state index < -0.39 is 27.6 Å². The monoisotopic (exact) mass is 434 g/mol. The maximum absolute atomic E-state index is 12.2. The Labute approximate surface area is 176 Å². The van der Waals surface area contributed by atoms with Crippen LogP contribution in [0.4, 0.5) is 11.4 Å². The van der Waals surface area contributed by atoms with E-state index in [1.807, 2.05) is 38.9 Å². The van der Waals surface area contributed by atoms with Crippen LogP contribution in [0.25, 0.3) is 0 Å². The van der Waals surface area contributed by atoms with Crippen molar-refractivity contribution >= 4 is 33.2 Å². The van der Waals surface area contributed by atoms with Crippen molar-refractivity contribution in [1.29, 1.82) is 0 Å². The van der Waals surface area contributed by atoms with Crippen molar-refractivity contribution in [1.82, 2.24) is 10.9 Å². The molecule has 0 heterocycles. The number of nitrogens with zero attached hydrogens (tertiary/aromatic N) is 1. The Kier molecular flexibility index (Phi) is 7.65. The topological polar surface area (TPSA) is 117 Å². The predicted octanol–water partition coefficient (Wildman–Crippen LogP) is 1.74. The van der Waals surface area contributed by atoms with Crippen LogP contribution in [0.2, 0.25) is 0 Å². The van der Waals surface area contributed by atoms with Crippen LogP contribution in [0.5, 0.6) is 5.75 Å². The lowest BCUT2D eigenvalue weighted by molar-refractivity contribution is -0.119. The number of hydrogen-bond acceptors (Lipinski definition) is 6. The summed E-state index contributed by atoms with van der Waals surface area (Å²) in [7, 11) is -0.291. The average molecular weight is 435 g/mol. The van der Waals surface area contributed by atoms with Crippen LogP contribution in [-0.4, -0.2) is 46.2 Å². The number of sulfonamides is 1. The van der Waals surface area contributed by atoms with E-state index in [-0.39, 0.29) is 6.10 Å². The first-order chi connectivity index (χ1) is 14.1. The highest BCUT2D eigenvalue weighted by molar-refractivity contribution is 7.93. The Morgan fingerprint density at radius 3 is 2.30 bits per heavy atom. The van der Waals surface area contributed by atoms with E-state index in [1.54, 1.807) is 30.3 Å². The van der Waals surface area contributed by atoms with Gasteiger partial charge in [-0.3, -0.25) is 25.2 Å². The van der Waals surface area contributed by atoms with Crippen molar-refractivity contribution in [2.75, 3.05) is 29.5 Å². The zero-order chi connectivity index (χ0) is 22.3. The first-order valence-electron chi connectivity index (χ1n) is 9.19. The normalized spacial score (nSPS) is 11.0. The second-order valence-corrected chi connectivity index (χ2v) is 8.72. The second-order valence-electron chi connectivity index (χ2n) is 7.00. The summed E-state index contributed by atoms with van der Waals surface area (Å²) in [6.07, 6.45) is -0.00296. The first-order valence-corrected chi connectivity index (χ1v) is 10.8. The molecule has 0 bridgehead atoms. The average Bonchev–Trinajstić information content (AvgIpc) is 2.66. The minimum Gasteiger partial charge on any atom is -0.491 e. The molecule has 30 heavy (non-hydrogen) atoms. The molecule has 2 amide bonds. The molecule has 0 radical (unpaired) electrons. The largest absolute Gasteiger partial charge is 0.491 e. The molecule has 0 saturated carbocycles. The fourth-order valence-electron chi connectivity index (χ4n) is 2.42. The van der Waals surface area contributed by atoms with E-state index in [1.165, 1.54) is 12.1 Å². The van der Waals surface area contributed by atoms with Gasteiger partial charge in [-0.1, -0.05) is 6.07 Å². The Morgan fingerprint density at radius 2 is 1.70 bits per heavy atom. The third kappa shape index (κ3) is 7.28. The van der Waals surface area contributed by atoms with E-state index in [2.05, 4.69) is 15.6 Å². The summed E-state index contributed by atoms with van der Waals surface area (Å²) >= 11 is 0. The Bertz CT molecular complexity index is 989. The predicted molar refractivity (Wildman–Crippen MR) is 116 cm³/mol. The number of anilines is 2. The van der Waals surface area contributed by atoms with Crippen LogP contribution < -0.4 is 25.2 Å². The van der Waals surface area contributed by atoms with Gasteiger partial charge in [0.05, 0.1) is 6.10 Å². The standard InChI is InChI=1S/C20H26N4O5S/c1-14(2)29-18-10-8-16(9-11-18)23-30(27,28)13-19(25)21-22-20(26)15-6-5-7-17(12-15)24(3)4/h5-12,14,23H,13H2,1-4H3,(H,21,25)(H,22,26). The molecule has 2 aromatic carbocycles. The molecule has 2 aromatic rings. The number of carbonyl (C=O) groups excluding carboxylic acids is 2. The molecule has 0 atom stereocenters. The van der Waals surface area contributed by atoms with Gasteiger partial charge in [-0.15, -0.1) is 0 Å². The fourth-order valence-corrected chi connectivity index (χ4v) is 3.41. The van der Waals surface area contributed by atoms with Crippen LogP contribution >= 0.6 is 0 Å². The smallest absolute Gasteiger partial charge is 0.269 e. The van der Waals surface area contributed by atoms with Crippen LogP contribution in [-0.2, 0) is 14.8 Å². The molecular formula is C20H26N4O5S. The molecule has 0 aromatic heterocycles. The van der Waals surface area contributed by atoms with Gasteiger partial charge >= 0.3 is 0 Å². The summed E-state index contributed by atoms with van der Waals surface area (Å²) in [4.78, 5) is 26.0. The highest BCUT2D eigenvalue weighted by Gasteiger charge is 2.17. The maximum atomic E-state index is 12.2. The Balaban J connectivity index is 1.88. The molecule has 162 valence electrons. The molecule has 0 saturated heterocycles. The van der Waals surface area contributed by atoms with Gasteiger partial charge in [0.2, 0.25) is 10.0 Å². The van der Waals surface area contributed by atoms with E-state index in [0.717, 1.165) is 5.69 Å². The van der Waals surface area contributed by atoms with E-state index >= 15 is 0 Å². The molecule has 3 N–H and O–H groups in total. The zero-order valence-corrected chi connectivity index (χ0v) is 18.1. The summed E-state index contributed by atoms with van der Waals surface area (Å²) in [6.45, 7) is 3.76. The lowest BCUT2D eigenvalue weighted by atomic mass is 10.2. The zero-order valence-electron chi connectivity index (χ0n) is 17.3. The maximum Gasteiger partial charge on any atom is 0.269 e. The number of carbonyl (C=O) groups is 2. The fraction of sp³-hybridized carbons (Fsp3) is 0.300. The van der Waals surface area contributed by atoms with E-state index in [9.17, 15) is 18.0 Å². The summed E-state index contributed by atoms with van der Waals surface area (Å²) in [5.74, 6) is -1.68. The molecular weight excluding hydrogens is 408 g/mol. The quantitative estimate of drug-likeness (QED) is 0.545. The van der Waals surface area contributed by atoms with Crippen LogP contribution in [0, 0.1) is 0 Å². The molecule has 2 rings (SSSR count). The van der Waals surface area contributed by atoms with E-state index in [4.69, 9.17) is 4.74 Å². The number of rotatable bonds is 8. The molecule has 0 fully saturated rings. The number of benzene rings is 2. The van der Waals surface area contributed by atoms with Crippen LogP contribution in [0.1, 0.15) is 24.2 Å². The number of hydrazine groups is 1. The van der Waals surface area contributed by atoms with Crippen molar-refractivity contribution in [2.45, 2.75) is 20.0 Å². The molecule has 0 aliphatic carbocycles. The van der Waals surface area contributed by atoms with Gasteiger partial charge < -0.3 is 9.64 Å². The molecule has 0 spiro atoms. The van der Waals surface area contributed by atoms with Gasteiger partial charge in [0, 0.05) is 31.0 Å². The molecule has 10 heteroatoms. The summed E-state index contributed by atoms with van der Waals surface area (Å²) in [6, 6.07) is 13.1. The number of amides is 2. The Morgan fingerprint density at radius 1 is 1.03 bits per heavy atom. The van der Waals surface area contributed by atoms with E-state index in [0.29, 0.717) is 17.0 Å². The number of ether oxygens (including phenoxy) is 1. The highest BCUT2D eigenvalue weighted by atomic mass is 32.2.